The van der Waals surface area contributed by atoms with Gasteiger partial charge in [-0.2, -0.15) is 0 Å². The summed E-state index contributed by atoms with van der Waals surface area (Å²) in [5.41, 5.74) is 0.428. The molecule has 0 aromatic carbocycles. The third-order valence-electron chi connectivity index (χ3n) is 4.80. The maximum absolute atomic E-state index is 11.6. The zero-order chi connectivity index (χ0) is 15.2. The fraction of sp³-hybridized carbons (Fsp3) is 1.00. The zero-order valence-corrected chi connectivity index (χ0v) is 14.6. The number of hydrogen-bond donors (Lipinski definition) is 1. The lowest BCUT2D eigenvalue weighted by molar-refractivity contribution is 0.110. The summed E-state index contributed by atoms with van der Waals surface area (Å²) in [6.07, 6.45) is 5.73. The Morgan fingerprint density at radius 3 is 2.50 bits per heavy atom. The van der Waals surface area contributed by atoms with Crippen molar-refractivity contribution < 1.29 is 8.42 Å². The summed E-state index contributed by atoms with van der Waals surface area (Å²) in [6, 6.07) is 0. The molecule has 4 heteroatoms. The fourth-order valence-corrected chi connectivity index (χ4v) is 4.33. The van der Waals surface area contributed by atoms with Gasteiger partial charge in [0.25, 0.3) is 0 Å². The van der Waals surface area contributed by atoms with Crippen LogP contribution in [-0.2, 0) is 9.84 Å². The van der Waals surface area contributed by atoms with Crippen molar-refractivity contribution in [3.8, 4) is 0 Å². The van der Waals surface area contributed by atoms with Crippen molar-refractivity contribution in [3.63, 3.8) is 0 Å². The first-order valence-electron chi connectivity index (χ1n) is 8.21. The van der Waals surface area contributed by atoms with Crippen LogP contribution in [0.1, 0.15) is 59.8 Å². The van der Waals surface area contributed by atoms with Crippen molar-refractivity contribution in [1.82, 2.24) is 5.32 Å². The molecule has 0 bridgehead atoms. The van der Waals surface area contributed by atoms with E-state index in [1.807, 2.05) is 0 Å². The summed E-state index contributed by atoms with van der Waals surface area (Å²) in [5.74, 6) is 2.07. The highest BCUT2D eigenvalue weighted by atomic mass is 32.2. The van der Waals surface area contributed by atoms with Gasteiger partial charge in [-0.25, -0.2) is 8.42 Å². The van der Waals surface area contributed by atoms with Crippen LogP contribution in [0, 0.1) is 17.3 Å². The molecule has 0 amide bonds. The maximum Gasteiger partial charge on any atom is 0.150 e. The minimum Gasteiger partial charge on any atom is -0.317 e. The van der Waals surface area contributed by atoms with Gasteiger partial charge in [0, 0.05) is 5.75 Å². The Hall–Kier alpha value is -0.0900. The summed E-state index contributed by atoms with van der Waals surface area (Å²) >= 11 is 0. The van der Waals surface area contributed by atoms with Crippen molar-refractivity contribution in [2.75, 3.05) is 24.6 Å². The van der Waals surface area contributed by atoms with Crippen LogP contribution in [0.4, 0.5) is 0 Å². The van der Waals surface area contributed by atoms with E-state index in [9.17, 15) is 8.42 Å². The smallest absolute Gasteiger partial charge is 0.150 e. The van der Waals surface area contributed by atoms with Crippen LogP contribution in [-0.4, -0.2) is 33.0 Å². The third kappa shape index (κ3) is 6.13. The number of rotatable bonds is 8. The molecule has 20 heavy (non-hydrogen) atoms. The average molecular weight is 304 g/mol. The van der Waals surface area contributed by atoms with Gasteiger partial charge in [-0.1, -0.05) is 27.7 Å². The second-order valence-corrected chi connectivity index (χ2v) is 9.59. The van der Waals surface area contributed by atoms with Crippen molar-refractivity contribution in [2.24, 2.45) is 17.3 Å². The van der Waals surface area contributed by atoms with E-state index in [2.05, 4.69) is 26.1 Å². The molecule has 1 saturated carbocycles. The second kappa shape index (κ2) is 7.79. The monoisotopic (exact) mass is 303 g/mol. The minimum atomic E-state index is -2.80. The van der Waals surface area contributed by atoms with Crippen molar-refractivity contribution in [3.05, 3.63) is 0 Å². The van der Waals surface area contributed by atoms with Gasteiger partial charge in [-0.3, -0.25) is 0 Å². The van der Waals surface area contributed by atoms with Crippen LogP contribution in [0.3, 0.4) is 0 Å². The lowest BCUT2D eigenvalue weighted by atomic mass is 9.66. The molecule has 0 radical (unpaired) electrons. The van der Waals surface area contributed by atoms with Crippen LogP contribution < -0.4 is 5.32 Å². The van der Waals surface area contributed by atoms with E-state index in [4.69, 9.17) is 0 Å². The zero-order valence-electron chi connectivity index (χ0n) is 13.7. The lowest BCUT2D eigenvalue weighted by Crippen LogP contribution is -2.36. The van der Waals surface area contributed by atoms with Gasteiger partial charge in [0.05, 0.1) is 5.75 Å². The van der Waals surface area contributed by atoms with Crippen LogP contribution in [0.25, 0.3) is 0 Å². The second-order valence-electron chi connectivity index (χ2n) is 7.11. The maximum atomic E-state index is 11.6. The molecule has 1 aliphatic carbocycles. The largest absolute Gasteiger partial charge is 0.317 e. The Labute approximate surface area is 125 Å². The first kappa shape index (κ1) is 18.0. The predicted octanol–water partition coefficient (Wildman–Crippen LogP) is 3.25. The van der Waals surface area contributed by atoms with Gasteiger partial charge in [-0.05, 0) is 62.4 Å². The average Bonchev–Trinajstić information content (AvgIpc) is 2.37. The molecule has 1 fully saturated rings. The molecule has 1 rings (SSSR count). The van der Waals surface area contributed by atoms with Gasteiger partial charge < -0.3 is 5.32 Å². The molecule has 0 heterocycles. The summed E-state index contributed by atoms with van der Waals surface area (Å²) in [7, 11) is -2.80. The summed E-state index contributed by atoms with van der Waals surface area (Å²) < 4.78 is 23.2. The Bertz CT molecular complexity index is 376. The molecular formula is C16H33NO2S. The number of sulfone groups is 1. The van der Waals surface area contributed by atoms with Gasteiger partial charge in [-0.15, -0.1) is 0 Å². The first-order chi connectivity index (χ1) is 9.29. The normalized spacial score (nSPS) is 26.6. The molecule has 2 unspecified atom stereocenters. The molecular weight excluding hydrogens is 270 g/mol. The van der Waals surface area contributed by atoms with Crippen LogP contribution in [0.5, 0.6) is 0 Å². The van der Waals surface area contributed by atoms with E-state index in [-0.39, 0.29) is 5.75 Å². The highest BCUT2D eigenvalue weighted by molar-refractivity contribution is 7.91. The Balaban J connectivity index is 2.51. The predicted molar refractivity (Wildman–Crippen MR) is 86.7 cm³/mol. The lowest BCUT2D eigenvalue weighted by Gasteiger charge is -2.41. The van der Waals surface area contributed by atoms with Gasteiger partial charge in [0.2, 0.25) is 0 Å². The van der Waals surface area contributed by atoms with Crippen LogP contribution in [0.15, 0.2) is 0 Å². The first-order valence-corrected chi connectivity index (χ1v) is 10.0. The van der Waals surface area contributed by atoms with Gasteiger partial charge in [0.15, 0.2) is 0 Å². The Kier molecular flexibility index (Phi) is 6.99. The summed E-state index contributed by atoms with van der Waals surface area (Å²) in [4.78, 5) is 0. The van der Waals surface area contributed by atoms with Crippen molar-refractivity contribution in [1.29, 1.82) is 0 Å². The standard InChI is InChI=1S/C16H33NO2S/c1-5-17-13-15-9-10-16(3,4)12-14(15)8-7-11-20(18,19)6-2/h14-15,17H,5-13H2,1-4H3. The molecule has 3 nitrogen and oxygen atoms in total. The Morgan fingerprint density at radius 2 is 1.90 bits per heavy atom. The minimum absolute atomic E-state index is 0.282. The van der Waals surface area contributed by atoms with E-state index in [0.29, 0.717) is 17.1 Å². The summed E-state index contributed by atoms with van der Waals surface area (Å²) in [6.45, 7) is 10.7. The van der Waals surface area contributed by atoms with Crippen LogP contribution in [0.2, 0.25) is 0 Å². The highest BCUT2D eigenvalue weighted by Crippen LogP contribution is 2.43. The molecule has 1 N–H and O–H groups in total. The molecule has 120 valence electrons. The van der Waals surface area contributed by atoms with E-state index in [1.165, 1.54) is 19.3 Å². The van der Waals surface area contributed by atoms with Crippen molar-refractivity contribution in [2.45, 2.75) is 59.8 Å². The van der Waals surface area contributed by atoms with Gasteiger partial charge in [0.1, 0.15) is 9.84 Å². The number of hydrogen-bond acceptors (Lipinski definition) is 3. The summed E-state index contributed by atoms with van der Waals surface area (Å²) in [5, 5.41) is 3.47. The molecule has 0 aromatic heterocycles. The van der Waals surface area contributed by atoms with E-state index in [0.717, 1.165) is 31.8 Å². The van der Waals surface area contributed by atoms with Crippen molar-refractivity contribution >= 4 is 9.84 Å². The molecule has 0 spiro atoms. The molecule has 2 atom stereocenters. The molecule has 0 saturated heterocycles. The fourth-order valence-electron chi connectivity index (χ4n) is 3.44. The SMILES string of the molecule is CCNCC1CCC(C)(C)CC1CCCS(=O)(=O)CC. The highest BCUT2D eigenvalue weighted by Gasteiger charge is 2.34. The Morgan fingerprint density at radius 1 is 1.20 bits per heavy atom. The number of nitrogens with one attached hydrogen (secondary N) is 1. The van der Waals surface area contributed by atoms with E-state index >= 15 is 0 Å². The molecule has 1 aliphatic rings. The molecule has 0 aliphatic heterocycles. The van der Waals surface area contributed by atoms with E-state index in [1.54, 1.807) is 6.92 Å². The topological polar surface area (TPSA) is 46.2 Å². The molecule has 0 aromatic rings. The van der Waals surface area contributed by atoms with E-state index < -0.39 is 9.84 Å². The van der Waals surface area contributed by atoms with Crippen LogP contribution >= 0.6 is 0 Å². The third-order valence-corrected chi connectivity index (χ3v) is 6.59. The quantitative estimate of drug-likeness (QED) is 0.748. The van der Waals surface area contributed by atoms with Gasteiger partial charge >= 0.3 is 0 Å².